The highest BCUT2D eigenvalue weighted by molar-refractivity contribution is 6.02. The average Bonchev–Trinajstić information content (AvgIpc) is 2.71. The van der Waals surface area contributed by atoms with Crippen molar-refractivity contribution < 1.29 is 34.1 Å². The molecule has 2 atom stereocenters. The molecule has 0 aromatic heterocycles. The third-order valence-corrected chi connectivity index (χ3v) is 5.56. The molecule has 180 valence electrons. The van der Waals surface area contributed by atoms with E-state index in [4.69, 9.17) is 0 Å². The SMILES string of the molecule is CCCCCCCCCC(C(=O)O)C(=O)OC(=O)C(CCCCCCCCC)C(=O)O. The van der Waals surface area contributed by atoms with Crippen molar-refractivity contribution in [1.29, 1.82) is 0 Å². The lowest BCUT2D eigenvalue weighted by Crippen LogP contribution is -2.33. The molecule has 7 heteroatoms. The molecule has 0 heterocycles. The van der Waals surface area contributed by atoms with Gasteiger partial charge in [0.05, 0.1) is 0 Å². The number of hydrogen-bond acceptors (Lipinski definition) is 5. The molecule has 0 aliphatic rings. The van der Waals surface area contributed by atoms with Gasteiger partial charge in [-0.05, 0) is 12.8 Å². The number of carbonyl (C=O) groups is 4. The zero-order chi connectivity index (χ0) is 23.5. The van der Waals surface area contributed by atoms with E-state index >= 15 is 0 Å². The Labute approximate surface area is 186 Å². The van der Waals surface area contributed by atoms with Gasteiger partial charge >= 0.3 is 23.9 Å². The standard InChI is InChI=1S/C24H42O7/c1-3-5-7-9-11-13-15-17-19(21(25)26)23(29)31-24(30)20(22(27)28)18-16-14-12-10-8-6-4-2/h19-20H,3-18H2,1-2H3,(H,25,26)(H,27,28). The Balaban J connectivity index is 4.42. The van der Waals surface area contributed by atoms with Gasteiger partial charge in [0.1, 0.15) is 0 Å². The van der Waals surface area contributed by atoms with E-state index in [9.17, 15) is 29.4 Å². The van der Waals surface area contributed by atoms with Crippen LogP contribution in [0.5, 0.6) is 0 Å². The monoisotopic (exact) mass is 442 g/mol. The van der Waals surface area contributed by atoms with E-state index in [0.717, 1.165) is 64.2 Å². The Morgan fingerprint density at radius 3 is 1.13 bits per heavy atom. The molecule has 0 bridgehead atoms. The maximum atomic E-state index is 12.2. The summed E-state index contributed by atoms with van der Waals surface area (Å²) in [5, 5.41) is 18.6. The first kappa shape index (κ1) is 29.1. The summed E-state index contributed by atoms with van der Waals surface area (Å²) < 4.78 is 4.68. The lowest BCUT2D eigenvalue weighted by atomic mass is 9.99. The van der Waals surface area contributed by atoms with Crippen molar-refractivity contribution >= 4 is 23.9 Å². The van der Waals surface area contributed by atoms with E-state index in [1.54, 1.807) is 0 Å². The third kappa shape index (κ3) is 14.7. The number of hydrogen-bond donors (Lipinski definition) is 2. The summed E-state index contributed by atoms with van der Waals surface area (Å²) in [5.74, 6) is -7.88. The van der Waals surface area contributed by atoms with Crippen molar-refractivity contribution in [2.24, 2.45) is 11.8 Å². The Kier molecular flexibility index (Phi) is 17.7. The van der Waals surface area contributed by atoms with E-state index < -0.39 is 35.7 Å². The number of ether oxygens (including phenoxy) is 1. The number of carbonyl (C=O) groups excluding carboxylic acids is 2. The average molecular weight is 443 g/mol. The lowest BCUT2D eigenvalue weighted by molar-refractivity contribution is -0.171. The first-order valence-electron chi connectivity index (χ1n) is 12.1. The van der Waals surface area contributed by atoms with Crippen LogP contribution in [0.1, 0.15) is 117 Å². The van der Waals surface area contributed by atoms with Crippen LogP contribution in [0.3, 0.4) is 0 Å². The summed E-state index contributed by atoms with van der Waals surface area (Å²) in [4.78, 5) is 47.2. The fourth-order valence-electron chi connectivity index (χ4n) is 3.54. The molecule has 0 aromatic carbocycles. The minimum atomic E-state index is -1.44. The van der Waals surface area contributed by atoms with Crippen LogP contribution in [0.4, 0.5) is 0 Å². The molecule has 0 amide bonds. The number of unbranched alkanes of at least 4 members (excludes halogenated alkanes) is 12. The number of carboxylic acid groups (broad SMARTS) is 2. The van der Waals surface area contributed by atoms with Crippen molar-refractivity contribution in [3.63, 3.8) is 0 Å². The molecule has 7 nitrogen and oxygen atoms in total. The van der Waals surface area contributed by atoms with Crippen LogP contribution in [-0.4, -0.2) is 34.1 Å². The van der Waals surface area contributed by atoms with Gasteiger partial charge in [0.2, 0.25) is 0 Å². The zero-order valence-electron chi connectivity index (χ0n) is 19.4. The normalized spacial score (nSPS) is 12.8. The number of rotatable bonds is 20. The van der Waals surface area contributed by atoms with E-state index in [2.05, 4.69) is 18.6 Å². The van der Waals surface area contributed by atoms with Crippen molar-refractivity contribution in [2.75, 3.05) is 0 Å². The van der Waals surface area contributed by atoms with E-state index in [-0.39, 0.29) is 12.8 Å². The quantitative estimate of drug-likeness (QED) is 0.140. The Hall–Kier alpha value is -1.92. The fraction of sp³-hybridized carbons (Fsp3) is 0.833. The second-order valence-electron chi connectivity index (χ2n) is 8.34. The molecule has 2 unspecified atom stereocenters. The van der Waals surface area contributed by atoms with Crippen LogP contribution >= 0.6 is 0 Å². The molecule has 31 heavy (non-hydrogen) atoms. The van der Waals surface area contributed by atoms with Crippen LogP contribution in [0, 0.1) is 11.8 Å². The predicted molar refractivity (Wildman–Crippen MR) is 119 cm³/mol. The molecule has 0 saturated carbocycles. The summed E-state index contributed by atoms with van der Waals surface area (Å²) in [6.45, 7) is 4.27. The Morgan fingerprint density at radius 1 is 0.548 bits per heavy atom. The maximum Gasteiger partial charge on any atom is 0.327 e. The third-order valence-electron chi connectivity index (χ3n) is 5.56. The van der Waals surface area contributed by atoms with Crippen molar-refractivity contribution in [2.45, 2.75) is 117 Å². The molecule has 2 N–H and O–H groups in total. The lowest BCUT2D eigenvalue weighted by Gasteiger charge is -2.14. The van der Waals surface area contributed by atoms with Crippen LogP contribution < -0.4 is 0 Å². The van der Waals surface area contributed by atoms with Crippen molar-refractivity contribution in [3.05, 3.63) is 0 Å². The summed E-state index contributed by atoms with van der Waals surface area (Å²) in [6, 6.07) is 0. The molecular weight excluding hydrogens is 400 g/mol. The largest absolute Gasteiger partial charge is 0.481 e. The molecule has 0 spiro atoms. The highest BCUT2D eigenvalue weighted by Crippen LogP contribution is 2.18. The van der Waals surface area contributed by atoms with Crippen molar-refractivity contribution in [1.82, 2.24) is 0 Å². The molecule has 0 aromatic rings. The first-order chi connectivity index (χ1) is 14.8. The maximum absolute atomic E-state index is 12.2. The predicted octanol–water partition coefficient (Wildman–Crippen LogP) is 5.74. The molecule has 0 radical (unpaired) electrons. The summed E-state index contributed by atoms with van der Waals surface area (Å²) >= 11 is 0. The van der Waals surface area contributed by atoms with Crippen LogP contribution in [0.2, 0.25) is 0 Å². The van der Waals surface area contributed by atoms with E-state index in [0.29, 0.717) is 12.8 Å². The topological polar surface area (TPSA) is 118 Å². The van der Waals surface area contributed by atoms with E-state index in [1.807, 2.05) is 0 Å². The second-order valence-corrected chi connectivity index (χ2v) is 8.34. The van der Waals surface area contributed by atoms with Gasteiger partial charge in [0, 0.05) is 0 Å². The van der Waals surface area contributed by atoms with Crippen molar-refractivity contribution in [3.8, 4) is 0 Å². The summed E-state index contributed by atoms with van der Waals surface area (Å²) in [6.07, 6.45) is 13.9. The minimum absolute atomic E-state index is 0.0880. The van der Waals surface area contributed by atoms with Gasteiger partial charge in [0.25, 0.3) is 0 Å². The highest BCUT2D eigenvalue weighted by Gasteiger charge is 2.34. The zero-order valence-corrected chi connectivity index (χ0v) is 19.4. The van der Waals surface area contributed by atoms with Gasteiger partial charge < -0.3 is 14.9 Å². The van der Waals surface area contributed by atoms with Gasteiger partial charge in [-0.1, -0.05) is 104 Å². The van der Waals surface area contributed by atoms with Gasteiger partial charge in [-0.25, -0.2) is 0 Å². The molecular formula is C24H42O7. The smallest absolute Gasteiger partial charge is 0.327 e. The van der Waals surface area contributed by atoms with Gasteiger partial charge in [-0.3, -0.25) is 19.2 Å². The fourth-order valence-corrected chi connectivity index (χ4v) is 3.54. The molecule has 0 rings (SSSR count). The van der Waals surface area contributed by atoms with Crippen LogP contribution in [0.15, 0.2) is 0 Å². The highest BCUT2D eigenvalue weighted by atomic mass is 16.6. The Bertz CT molecular complexity index is 484. The summed E-state index contributed by atoms with van der Waals surface area (Å²) in [5.41, 5.74) is 0. The first-order valence-corrected chi connectivity index (χ1v) is 12.1. The minimum Gasteiger partial charge on any atom is -0.481 e. The van der Waals surface area contributed by atoms with Gasteiger partial charge in [-0.15, -0.1) is 0 Å². The number of esters is 2. The molecule has 0 aliphatic carbocycles. The molecule has 0 aliphatic heterocycles. The van der Waals surface area contributed by atoms with Crippen LogP contribution in [0.25, 0.3) is 0 Å². The van der Waals surface area contributed by atoms with Crippen LogP contribution in [-0.2, 0) is 23.9 Å². The number of carboxylic acids is 2. The van der Waals surface area contributed by atoms with E-state index in [1.165, 1.54) is 12.8 Å². The molecule has 0 fully saturated rings. The summed E-state index contributed by atoms with van der Waals surface area (Å²) in [7, 11) is 0. The Morgan fingerprint density at radius 2 is 0.839 bits per heavy atom. The number of aliphatic carboxylic acids is 2. The van der Waals surface area contributed by atoms with Gasteiger partial charge in [-0.2, -0.15) is 0 Å². The van der Waals surface area contributed by atoms with Gasteiger partial charge in [0.15, 0.2) is 11.8 Å². The molecule has 0 saturated heterocycles. The second kappa shape index (κ2) is 18.8.